The minimum absolute atomic E-state index is 0.0566. The molecule has 2 aliphatic carbocycles. The van der Waals surface area contributed by atoms with Crippen molar-refractivity contribution < 1.29 is 28.8 Å². The highest BCUT2D eigenvalue weighted by atomic mass is 16.7. The molecule has 2 saturated carbocycles. The van der Waals surface area contributed by atoms with Crippen molar-refractivity contribution in [3.63, 3.8) is 0 Å². The zero-order valence-corrected chi connectivity index (χ0v) is 12.2. The van der Waals surface area contributed by atoms with Crippen molar-refractivity contribution in [2.24, 2.45) is 17.3 Å². The zero-order valence-electron chi connectivity index (χ0n) is 12.2. The summed E-state index contributed by atoms with van der Waals surface area (Å²) >= 11 is 0. The van der Waals surface area contributed by atoms with Crippen LogP contribution in [0.25, 0.3) is 0 Å². The SMILES string of the molecule is CC1(C)O[C@@]23[C@H]4O[C@H]4[C@]4(CO4)[C@@]2(C)[C@H](O)[C@@H]2OC(=O)[C@H]3[C@@H]21. The quantitative estimate of drug-likeness (QED) is 0.485. The smallest absolute Gasteiger partial charge is 0.312 e. The summed E-state index contributed by atoms with van der Waals surface area (Å²) in [7, 11) is 0. The third-order valence-corrected chi connectivity index (χ3v) is 7.34. The van der Waals surface area contributed by atoms with Crippen molar-refractivity contribution in [2.45, 2.75) is 62.0 Å². The predicted octanol–water partition coefficient (Wildman–Crippen LogP) is -0.377. The summed E-state index contributed by atoms with van der Waals surface area (Å²) in [6.07, 6.45) is -1.50. The summed E-state index contributed by atoms with van der Waals surface area (Å²) in [4.78, 5) is 12.5. The van der Waals surface area contributed by atoms with Crippen LogP contribution in [0.15, 0.2) is 0 Å². The molecule has 4 saturated heterocycles. The van der Waals surface area contributed by atoms with Crippen LogP contribution in [0, 0.1) is 17.3 Å². The van der Waals surface area contributed by atoms with E-state index < -0.39 is 34.4 Å². The first-order valence-corrected chi connectivity index (χ1v) is 7.69. The summed E-state index contributed by atoms with van der Waals surface area (Å²) in [5, 5.41) is 11.1. The molecule has 6 rings (SSSR count). The number of ether oxygens (including phenoxy) is 4. The number of esters is 1. The first kappa shape index (κ1) is 11.8. The Hall–Kier alpha value is -0.690. The van der Waals surface area contributed by atoms with Gasteiger partial charge in [-0.25, -0.2) is 0 Å². The molecule has 4 heterocycles. The fourth-order valence-corrected chi connectivity index (χ4v) is 6.41. The molecule has 0 radical (unpaired) electrons. The van der Waals surface area contributed by atoms with Crippen molar-refractivity contribution >= 4 is 5.97 Å². The molecular formula is C15H18O6. The fraction of sp³-hybridized carbons (Fsp3) is 0.933. The Morgan fingerprint density at radius 3 is 2.62 bits per heavy atom. The molecular weight excluding hydrogens is 276 g/mol. The molecule has 6 nitrogen and oxygen atoms in total. The van der Waals surface area contributed by atoms with E-state index in [1.54, 1.807) is 0 Å². The minimum Gasteiger partial charge on any atom is -0.459 e. The molecule has 6 fully saturated rings. The van der Waals surface area contributed by atoms with Crippen LogP contribution < -0.4 is 0 Å². The third kappa shape index (κ3) is 0.814. The van der Waals surface area contributed by atoms with Crippen LogP contribution in [0.4, 0.5) is 0 Å². The number of rotatable bonds is 0. The van der Waals surface area contributed by atoms with Gasteiger partial charge in [0, 0.05) is 5.92 Å². The number of fused-ring (bicyclic) bond motifs is 3. The van der Waals surface area contributed by atoms with Gasteiger partial charge in [-0.3, -0.25) is 4.79 Å². The standard InChI is InChI=1S/C15H18O6/c1-12(2)5-6-11(17)19-7(5)8(16)13(3)14(4-18-14)9-10(20-9)15(6,13)21-12/h5-10,16H,4H2,1-3H3/t5-,6+,7+,8+,9+,10-,13+,14+,15-/m0/s1. The second-order valence-corrected chi connectivity index (χ2v) is 8.21. The number of aliphatic hydroxyl groups is 1. The van der Waals surface area contributed by atoms with E-state index in [0.29, 0.717) is 6.61 Å². The van der Waals surface area contributed by atoms with E-state index >= 15 is 0 Å². The van der Waals surface area contributed by atoms with E-state index in [1.165, 1.54) is 0 Å². The minimum atomic E-state index is -0.814. The zero-order chi connectivity index (χ0) is 14.6. The lowest BCUT2D eigenvalue weighted by Crippen LogP contribution is -2.67. The molecule has 0 aromatic rings. The van der Waals surface area contributed by atoms with Gasteiger partial charge in [0.2, 0.25) is 0 Å². The first-order chi connectivity index (χ1) is 9.81. The normalized spacial score (nSPS) is 70.6. The molecule has 6 aliphatic rings. The van der Waals surface area contributed by atoms with Gasteiger partial charge < -0.3 is 24.1 Å². The van der Waals surface area contributed by atoms with Gasteiger partial charge in [-0.15, -0.1) is 0 Å². The van der Waals surface area contributed by atoms with Gasteiger partial charge >= 0.3 is 5.97 Å². The maximum Gasteiger partial charge on any atom is 0.312 e. The number of hydrogen-bond acceptors (Lipinski definition) is 6. The van der Waals surface area contributed by atoms with Gasteiger partial charge in [-0.2, -0.15) is 0 Å². The lowest BCUT2D eigenvalue weighted by atomic mass is 9.53. The summed E-state index contributed by atoms with van der Waals surface area (Å²) in [5.74, 6) is -0.721. The Balaban J connectivity index is 1.69. The van der Waals surface area contributed by atoms with E-state index in [2.05, 4.69) is 0 Å². The molecule has 0 amide bonds. The summed E-state index contributed by atoms with van der Waals surface area (Å²) < 4.78 is 23.8. The monoisotopic (exact) mass is 294 g/mol. The molecule has 4 bridgehead atoms. The summed E-state index contributed by atoms with van der Waals surface area (Å²) in [6, 6.07) is 0. The molecule has 0 aromatic carbocycles. The van der Waals surface area contributed by atoms with Crippen molar-refractivity contribution in [3.05, 3.63) is 0 Å². The van der Waals surface area contributed by atoms with Crippen LogP contribution >= 0.6 is 0 Å². The van der Waals surface area contributed by atoms with E-state index in [0.717, 1.165) is 0 Å². The van der Waals surface area contributed by atoms with Gasteiger partial charge in [0.25, 0.3) is 0 Å². The van der Waals surface area contributed by atoms with Crippen LogP contribution in [0.1, 0.15) is 20.8 Å². The molecule has 2 spiro atoms. The summed E-state index contributed by atoms with van der Waals surface area (Å²) in [6.45, 7) is 6.54. The van der Waals surface area contributed by atoms with E-state index in [9.17, 15) is 9.90 Å². The lowest BCUT2D eigenvalue weighted by molar-refractivity contribution is -0.218. The van der Waals surface area contributed by atoms with Gasteiger partial charge in [-0.05, 0) is 13.8 Å². The van der Waals surface area contributed by atoms with Crippen molar-refractivity contribution in [2.75, 3.05) is 6.61 Å². The van der Waals surface area contributed by atoms with Crippen molar-refractivity contribution in [3.8, 4) is 0 Å². The number of carbonyl (C=O) groups is 1. The van der Waals surface area contributed by atoms with Crippen LogP contribution in [0.5, 0.6) is 0 Å². The topological polar surface area (TPSA) is 80.8 Å². The van der Waals surface area contributed by atoms with Gasteiger partial charge in [0.05, 0.1) is 23.5 Å². The molecule has 4 aliphatic heterocycles. The second kappa shape index (κ2) is 2.66. The third-order valence-electron chi connectivity index (χ3n) is 7.34. The highest BCUT2D eigenvalue weighted by molar-refractivity contribution is 5.80. The average molecular weight is 294 g/mol. The number of epoxide rings is 2. The molecule has 6 heteroatoms. The Kier molecular flexibility index (Phi) is 1.50. The largest absolute Gasteiger partial charge is 0.459 e. The Morgan fingerprint density at radius 1 is 1.24 bits per heavy atom. The van der Waals surface area contributed by atoms with E-state index in [1.807, 2.05) is 20.8 Å². The Labute approximate surface area is 121 Å². The molecule has 21 heavy (non-hydrogen) atoms. The number of carbonyl (C=O) groups excluding carboxylic acids is 1. The van der Waals surface area contributed by atoms with Crippen LogP contribution in [-0.4, -0.2) is 58.9 Å². The van der Waals surface area contributed by atoms with Gasteiger partial charge in [0.1, 0.15) is 35.6 Å². The highest BCUT2D eigenvalue weighted by Crippen LogP contribution is 2.80. The average Bonchev–Trinajstić information content (AvgIpc) is 3.26. The predicted molar refractivity (Wildman–Crippen MR) is 66.2 cm³/mol. The highest BCUT2D eigenvalue weighted by Gasteiger charge is 2.98. The Morgan fingerprint density at radius 2 is 1.95 bits per heavy atom. The maximum absolute atomic E-state index is 12.5. The molecule has 1 N–H and O–H groups in total. The van der Waals surface area contributed by atoms with E-state index in [4.69, 9.17) is 18.9 Å². The van der Waals surface area contributed by atoms with Crippen LogP contribution in [-0.2, 0) is 23.7 Å². The van der Waals surface area contributed by atoms with Gasteiger partial charge in [-0.1, -0.05) is 6.92 Å². The first-order valence-electron chi connectivity index (χ1n) is 7.69. The molecule has 114 valence electrons. The summed E-state index contributed by atoms with van der Waals surface area (Å²) in [5.41, 5.74) is -2.49. The maximum atomic E-state index is 12.5. The fourth-order valence-electron chi connectivity index (χ4n) is 6.41. The molecule has 0 aromatic heterocycles. The van der Waals surface area contributed by atoms with Gasteiger partial charge in [0.15, 0.2) is 0 Å². The van der Waals surface area contributed by atoms with Crippen LogP contribution in [0.3, 0.4) is 0 Å². The van der Waals surface area contributed by atoms with E-state index in [-0.39, 0.29) is 30.0 Å². The number of aliphatic hydroxyl groups excluding tert-OH is 1. The number of hydrogen-bond donors (Lipinski definition) is 1. The van der Waals surface area contributed by atoms with Crippen LogP contribution in [0.2, 0.25) is 0 Å². The molecule has 0 unspecified atom stereocenters. The lowest BCUT2D eigenvalue weighted by Gasteiger charge is -2.50. The Bertz CT molecular complexity index is 611. The van der Waals surface area contributed by atoms with Crippen molar-refractivity contribution in [1.82, 2.24) is 0 Å². The second-order valence-electron chi connectivity index (χ2n) is 8.21. The molecule has 9 atom stereocenters. The van der Waals surface area contributed by atoms with Crippen molar-refractivity contribution in [1.29, 1.82) is 0 Å².